The summed E-state index contributed by atoms with van der Waals surface area (Å²) >= 11 is 5.84. The molecule has 0 fully saturated rings. The molecule has 0 saturated carbocycles. The van der Waals surface area contributed by atoms with E-state index in [1.54, 1.807) is 31.2 Å². The highest BCUT2D eigenvalue weighted by molar-refractivity contribution is 6.30. The van der Waals surface area contributed by atoms with E-state index in [2.05, 4.69) is 10.4 Å². The van der Waals surface area contributed by atoms with Crippen molar-refractivity contribution in [3.8, 4) is 0 Å². The SMILES string of the molecule is C/C(Cc1ccc(Cl)cc1)=N\N(C)/C(=C/C(=O)NCc1ccc(C(=O)O)cc1F)C(F)F. The van der Waals surface area contributed by atoms with Crippen LogP contribution in [-0.4, -0.2) is 41.2 Å². The predicted octanol–water partition coefficient (Wildman–Crippen LogP) is 4.49. The van der Waals surface area contributed by atoms with Crippen molar-refractivity contribution in [2.45, 2.75) is 26.3 Å². The molecule has 6 nitrogen and oxygen atoms in total. The van der Waals surface area contributed by atoms with E-state index >= 15 is 0 Å². The van der Waals surface area contributed by atoms with Crippen molar-refractivity contribution in [1.29, 1.82) is 0 Å². The molecule has 32 heavy (non-hydrogen) atoms. The molecule has 0 aliphatic carbocycles. The molecule has 2 N–H and O–H groups in total. The monoisotopic (exact) mass is 467 g/mol. The van der Waals surface area contributed by atoms with Crippen molar-refractivity contribution < 1.29 is 27.9 Å². The number of nitrogens with one attached hydrogen (secondary N) is 1. The van der Waals surface area contributed by atoms with Crippen molar-refractivity contribution in [3.63, 3.8) is 0 Å². The zero-order chi connectivity index (χ0) is 23.8. The van der Waals surface area contributed by atoms with Gasteiger partial charge in [0.15, 0.2) is 0 Å². The van der Waals surface area contributed by atoms with Crippen LogP contribution in [-0.2, 0) is 17.8 Å². The molecule has 0 bridgehead atoms. The van der Waals surface area contributed by atoms with Crippen molar-refractivity contribution in [2.24, 2.45) is 5.10 Å². The van der Waals surface area contributed by atoms with E-state index in [1.165, 1.54) is 19.2 Å². The summed E-state index contributed by atoms with van der Waals surface area (Å²) in [5.74, 6) is -3.00. The average Bonchev–Trinajstić information content (AvgIpc) is 2.72. The Kier molecular flexibility index (Phi) is 8.83. The first kappa shape index (κ1) is 24.9. The van der Waals surface area contributed by atoms with Gasteiger partial charge in [-0.25, -0.2) is 18.0 Å². The third-order valence-corrected chi connectivity index (χ3v) is 4.58. The summed E-state index contributed by atoms with van der Waals surface area (Å²) in [6.07, 6.45) is -1.90. The van der Waals surface area contributed by atoms with E-state index in [9.17, 15) is 22.8 Å². The minimum atomic E-state index is -2.98. The molecule has 2 rings (SSSR count). The Morgan fingerprint density at radius 2 is 1.88 bits per heavy atom. The van der Waals surface area contributed by atoms with Gasteiger partial charge in [-0.3, -0.25) is 9.80 Å². The number of benzene rings is 2. The molecule has 0 atom stereocenters. The number of hydrogen-bond donors (Lipinski definition) is 2. The summed E-state index contributed by atoms with van der Waals surface area (Å²) in [5, 5.41) is 16.7. The number of rotatable bonds is 9. The maximum Gasteiger partial charge on any atom is 0.335 e. The van der Waals surface area contributed by atoms with Gasteiger partial charge in [0.1, 0.15) is 11.5 Å². The number of allylic oxidation sites excluding steroid dienone is 1. The number of amides is 1. The Labute approximate surface area is 188 Å². The van der Waals surface area contributed by atoms with Gasteiger partial charge in [-0.15, -0.1) is 0 Å². The summed E-state index contributed by atoms with van der Waals surface area (Å²) in [6.45, 7) is 1.36. The molecule has 0 unspecified atom stereocenters. The molecule has 2 aromatic rings. The van der Waals surface area contributed by atoms with Crippen LogP contribution in [0.15, 0.2) is 59.3 Å². The topological polar surface area (TPSA) is 82.0 Å². The molecule has 0 aliphatic rings. The van der Waals surface area contributed by atoms with E-state index in [0.29, 0.717) is 23.2 Å². The summed E-state index contributed by atoms with van der Waals surface area (Å²) in [5.41, 5.74) is 0.550. The summed E-state index contributed by atoms with van der Waals surface area (Å²) in [7, 11) is 1.29. The maximum atomic E-state index is 13.9. The van der Waals surface area contributed by atoms with Gasteiger partial charge in [0.25, 0.3) is 6.43 Å². The highest BCUT2D eigenvalue weighted by Crippen LogP contribution is 2.15. The van der Waals surface area contributed by atoms with E-state index in [-0.39, 0.29) is 17.7 Å². The van der Waals surface area contributed by atoms with E-state index in [0.717, 1.165) is 16.6 Å². The molecule has 0 saturated heterocycles. The Balaban J connectivity index is 2.06. The second kappa shape index (κ2) is 11.3. The van der Waals surface area contributed by atoms with Crippen LogP contribution in [0.25, 0.3) is 0 Å². The van der Waals surface area contributed by atoms with E-state index in [1.807, 2.05) is 0 Å². The zero-order valence-corrected chi connectivity index (χ0v) is 18.0. The summed E-state index contributed by atoms with van der Waals surface area (Å²) < 4.78 is 40.9. The lowest BCUT2D eigenvalue weighted by atomic mass is 10.1. The van der Waals surface area contributed by atoms with Crippen molar-refractivity contribution >= 4 is 29.2 Å². The van der Waals surface area contributed by atoms with Crippen molar-refractivity contribution in [1.82, 2.24) is 10.3 Å². The van der Waals surface area contributed by atoms with Gasteiger partial charge in [0, 0.05) is 42.4 Å². The third-order valence-electron chi connectivity index (χ3n) is 4.32. The first-order chi connectivity index (χ1) is 15.1. The van der Waals surface area contributed by atoms with Crippen molar-refractivity contribution in [3.05, 3.63) is 81.8 Å². The average molecular weight is 468 g/mol. The lowest BCUT2D eigenvalue weighted by Gasteiger charge is -2.18. The Bertz CT molecular complexity index is 1040. The molecule has 0 heterocycles. The fourth-order valence-corrected chi connectivity index (χ4v) is 2.86. The van der Waals surface area contributed by atoms with E-state index < -0.39 is 29.8 Å². The number of hydrazone groups is 1. The molecule has 170 valence electrons. The fraction of sp³-hybridized carbons (Fsp3) is 0.227. The van der Waals surface area contributed by atoms with Crippen LogP contribution in [0.1, 0.15) is 28.4 Å². The number of hydrogen-bond acceptors (Lipinski definition) is 4. The molecule has 2 aromatic carbocycles. The first-order valence-electron chi connectivity index (χ1n) is 9.38. The van der Waals surface area contributed by atoms with Crippen LogP contribution in [0.3, 0.4) is 0 Å². The Hall–Kier alpha value is -3.33. The molecule has 0 aromatic heterocycles. The number of carboxylic acid groups (broad SMARTS) is 1. The number of halogens is 4. The van der Waals surface area contributed by atoms with Gasteiger partial charge in [-0.1, -0.05) is 29.8 Å². The minimum Gasteiger partial charge on any atom is -0.478 e. The highest BCUT2D eigenvalue weighted by Gasteiger charge is 2.18. The van der Waals surface area contributed by atoms with Gasteiger partial charge in [-0.2, -0.15) is 5.10 Å². The van der Waals surface area contributed by atoms with Gasteiger partial charge < -0.3 is 10.4 Å². The minimum absolute atomic E-state index is 0.0144. The zero-order valence-electron chi connectivity index (χ0n) is 17.3. The maximum absolute atomic E-state index is 13.9. The predicted molar refractivity (Wildman–Crippen MR) is 115 cm³/mol. The summed E-state index contributed by atoms with van der Waals surface area (Å²) in [6, 6.07) is 10.2. The van der Waals surface area contributed by atoms with Gasteiger partial charge in [0.05, 0.1) is 5.56 Å². The number of aromatic carboxylic acids is 1. The van der Waals surface area contributed by atoms with Crippen LogP contribution in [0.2, 0.25) is 5.02 Å². The third kappa shape index (κ3) is 7.42. The molecule has 0 spiro atoms. The van der Waals surface area contributed by atoms with Gasteiger partial charge in [0.2, 0.25) is 5.91 Å². The molecule has 0 radical (unpaired) electrons. The molecule has 0 aliphatic heterocycles. The quantitative estimate of drug-likeness (QED) is 0.323. The number of alkyl halides is 2. The Morgan fingerprint density at radius 1 is 1.22 bits per heavy atom. The van der Waals surface area contributed by atoms with Crippen LogP contribution in [0.4, 0.5) is 13.2 Å². The smallest absolute Gasteiger partial charge is 0.335 e. The van der Waals surface area contributed by atoms with Gasteiger partial charge >= 0.3 is 5.97 Å². The largest absolute Gasteiger partial charge is 0.478 e. The summed E-state index contributed by atoms with van der Waals surface area (Å²) in [4.78, 5) is 22.9. The van der Waals surface area contributed by atoms with Crippen LogP contribution >= 0.6 is 11.6 Å². The number of carboxylic acids is 1. The van der Waals surface area contributed by atoms with Crippen molar-refractivity contribution in [2.75, 3.05) is 7.05 Å². The first-order valence-corrected chi connectivity index (χ1v) is 9.76. The number of nitrogens with zero attached hydrogens (tertiary/aromatic N) is 2. The second-order valence-electron chi connectivity index (χ2n) is 6.86. The normalized spacial score (nSPS) is 12.1. The standard InChI is InChI=1S/C22H21ClF3N3O3/c1-13(9-14-3-7-17(23)8-4-14)28-29(2)19(21(25)26)11-20(30)27-12-16-6-5-15(22(31)32)10-18(16)24/h3-8,10-11,21H,9,12H2,1-2H3,(H,27,30)(H,31,32)/b19-11+,28-13+. The van der Waals surface area contributed by atoms with Crippen LogP contribution < -0.4 is 5.32 Å². The lowest BCUT2D eigenvalue weighted by Crippen LogP contribution is -2.26. The van der Waals surface area contributed by atoms with E-state index in [4.69, 9.17) is 16.7 Å². The number of carbonyl (C=O) groups is 2. The highest BCUT2D eigenvalue weighted by atomic mass is 35.5. The number of carbonyl (C=O) groups excluding carboxylic acids is 1. The molecule has 1 amide bonds. The fourth-order valence-electron chi connectivity index (χ4n) is 2.74. The molecular weight excluding hydrogens is 447 g/mol. The second-order valence-corrected chi connectivity index (χ2v) is 7.30. The Morgan fingerprint density at radius 3 is 2.44 bits per heavy atom. The van der Waals surface area contributed by atoms with Crippen LogP contribution in [0.5, 0.6) is 0 Å². The van der Waals surface area contributed by atoms with Gasteiger partial charge in [-0.05, 0) is 36.8 Å². The van der Waals surface area contributed by atoms with Crippen LogP contribution in [0, 0.1) is 5.82 Å². The molecule has 10 heteroatoms. The molecular formula is C22H21ClF3N3O3. The lowest BCUT2D eigenvalue weighted by molar-refractivity contribution is -0.116.